The van der Waals surface area contributed by atoms with Gasteiger partial charge in [-0.3, -0.25) is 24.2 Å². The van der Waals surface area contributed by atoms with Crippen LogP contribution in [0.15, 0.2) is 37.1 Å². The monoisotopic (exact) mass is 534 g/mol. The molecule has 11 nitrogen and oxygen atoms in total. The molecule has 2 fully saturated rings. The van der Waals surface area contributed by atoms with Gasteiger partial charge < -0.3 is 15.4 Å². The lowest BCUT2D eigenvalue weighted by Gasteiger charge is -2.20. The fraction of sp³-hybridized carbons (Fsp3) is 0.423. The van der Waals surface area contributed by atoms with Crippen LogP contribution in [0.5, 0.6) is 0 Å². The molecule has 38 heavy (non-hydrogen) atoms. The van der Waals surface area contributed by atoms with Crippen molar-refractivity contribution in [1.82, 2.24) is 29.3 Å². The van der Waals surface area contributed by atoms with E-state index in [0.717, 1.165) is 15.3 Å². The first-order valence-electron chi connectivity index (χ1n) is 12.8. The highest BCUT2D eigenvalue weighted by Crippen LogP contribution is 2.37. The highest BCUT2D eigenvalue weighted by atomic mass is 32.1. The summed E-state index contributed by atoms with van der Waals surface area (Å²) >= 11 is 1.47. The highest BCUT2D eigenvalue weighted by Gasteiger charge is 2.39. The maximum Gasteiger partial charge on any atom is 0.260 e. The van der Waals surface area contributed by atoms with Gasteiger partial charge in [0.15, 0.2) is 0 Å². The van der Waals surface area contributed by atoms with Crippen LogP contribution in [0.2, 0.25) is 0 Å². The van der Waals surface area contributed by atoms with E-state index in [1.807, 2.05) is 24.0 Å². The molecular formula is C26H30N8O3S. The SMILES string of the molecule is COCCn1cc(-c2cn3ncc(C(=O)Nc4cc(NC(=O)CN5C6CCC5CC6)cnc4C)c3s2)cn1. The lowest BCUT2D eigenvalue weighted by molar-refractivity contribution is -0.117. The topological polar surface area (TPSA) is 119 Å². The van der Waals surface area contributed by atoms with Crippen molar-refractivity contribution in [3.8, 4) is 10.4 Å². The number of nitrogens with zero attached hydrogens (tertiary/aromatic N) is 6. The number of hydrogen-bond acceptors (Lipinski definition) is 8. The molecule has 0 aromatic carbocycles. The number of carbonyl (C=O) groups excluding carboxylic acids is 2. The second kappa shape index (κ2) is 10.3. The summed E-state index contributed by atoms with van der Waals surface area (Å²) in [6, 6.07) is 2.83. The summed E-state index contributed by atoms with van der Waals surface area (Å²) < 4.78 is 8.64. The van der Waals surface area contributed by atoms with E-state index in [4.69, 9.17) is 4.74 Å². The number of aryl methyl sites for hydroxylation is 1. The first kappa shape index (κ1) is 24.7. The van der Waals surface area contributed by atoms with Crippen LogP contribution in [-0.4, -0.2) is 73.4 Å². The summed E-state index contributed by atoms with van der Waals surface area (Å²) in [5.74, 6) is -0.340. The van der Waals surface area contributed by atoms with Gasteiger partial charge in [-0.05, 0) is 38.7 Å². The summed E-state index contributed by atoms with van der Waals surface area (Å²) in [5.41, 5.74) is 3.18. The van der Waals surface area contributed by atoms with Gasteiger partial charge in [0, 0.05) is 37.2 Å². The van der Waals surface area contributed by atoms with Gasteiger partial charge in [-0.2, -0.15) is 10.2 Å². The Morgan fingerprint density at radius 2 is 1.87 bits per heavy atom. The molecule has 2 N–H and O–H groups in total. The number of thiazole rings is 1. The zero-order chi connectivity index (χ0) is 26.2. The smallest absolute Gasteiger partial charge is 0.260 e. The average Bonchev–Trinajstić information content (AvgIpc) is 3.72. The molecule has 198 valence electrons. The molecule has 6 rings (SSSR count). The molecule has 4 aromatic heterocycles. The summed E-state index contributed by atoms with van der Waals surface area (Å²) in [6.07, 6.45) is 13.6. The van der Waals surface area contributed by atoms with Crippen molar-refractivity contribution in [2.24, 2.45) is 0 Å². The first-order chi connectivity index (χ1) is 18.5. The minimum Gasteiger partial charge on any atom is -0.383 e. The molecule has 2 aliphatic heterocycles. The predicted molar refractivity (Wildman–Crippen MR) is 144 cm³/mol. The van der Waals surface area contributed by atoms with Crippen molar-refractivity contribution < 1.29 is 14.3 Å². The summed E-state index contributed by atoms with van der Waals surface area (Å²) in [4.78, 5) is 34.4. The molecule has 0 atom stereocenters. The molecule has 0 unspecified atom stereocenters. The maximum atomic E-state index is 13.2. The van der Waals surface area contributed by atoms with Gasteiger partial charge in [0.05, 0.1) is 65.8 Å². The van der Waals surface area contributed by atoms with E-state index in [9.17, 15) is 9.59 Å². The van der Waals surface area contributed by atoms with Gasteiger partial charge in [-0.25, -0.2) is 4.52 Å². The van der Waals surface area contributed by atoms with Crippen molar-refractivity contribution in [1.29, 1.82) is 0 Å². The predicted octanol–water partition coefficient (Wildman–Crippen LogP) is 3.43. The number of methoxy groups -OCH3 is 1. The maximum absolute atomic E-state index is 13.2. The Labute approximate surface area is 223 Å². The van der Waals surface area contributed by atoms with Crippen LogP contribution < -0.4 is 10.6 Å². The number of fused-ring (bicyclic) bond motifs is 3. The van der Waals surface area contributed by atoms with E-state index in [-0.39, 0.29) is 11.8 Å². The number of anilines is 2. The Hall–Kier alpha value is -3.61. The van der Waals surface area contributed by atoms with E-state index in [0.29, 0.717) is 54.4 Å². The fourth-order valence-corrected chi connectivity index (χ4v) is 6.47. The van der Waals surface area contributed by atoms with E-state index in [1.54, 1.807) is 36.3 Å². The Bertz CT molecular complexity index is 1470. The van der Waals surface area contributed by atoms with Crippen LogP contribution >= 0.6 is 11.3 Å². The molecule has 0 aliphatic carbocycles. The number of amides is 2. The number of nitrogens with one attached hydrogen (secondary N) is 2. The molecule has 4 aromatic rings. The molecular weight excluding hydrogens is 504 g/mol. The number of carbonyl (C=O) groups is 2. The van der Waals surface area contributed by atoms with Crippen LogP contribution in [0, 0.1) is 6.92 Å². The third-order valence-corrected chi connectivity index (χ3v) is 8.59. The van der Waals surface area contributed by atoms with Gasteiger partial charge in [-0.15, -0.1) is 11.3 Å². The molecule has 0 spiro atoms. The molecule has 0 saturated carbocycles. The summed E-state index contributed by atoms with van der Waals surface area (Å²) in [7, 11) is 1.66. The Morgan fingerprint density at radius 3 is 2.63 bits per heavy atom. The van der Waals surface area contributed by atoms with E-state index < -0.39 is 0 Å². The second-order valence-corrected chi connectivity index (χ2v) is 10.9. The Balaban J connectivity index is 1.14. The summed E-state index contributed by atoms with van der Waals surface area (Å²) in [6.45, 7) is 3.46. The minimum atomic E-state index is -0.286. The van der Waals surface area contributed by atoms with E-state index >= 15 is 0 Å². The largest absolute Gasteiger partial charge is 0.383 e. The molecule has 12 heteroatoms. The van der Waals surface area contributed by atoms with Crippen LogP contribution in [0.1, 0.15) is 41.7 Å². The number of aromatic nitrogens is 5. The standard InChI is InChI=1S/C26H30N8O3S/c1-16-22(9-18(11-27-16)30-24(35)15-33-19-3-4-20(33)6-5-19)31-25(36)21-12-29-34-14-23(38-26(21)34)17-10-28-32(13-17)7-8-37-2/h9-14,19-20H,3-8,15H2,1-2H3,(H,30,35)(H,31,36). The number of pyridine rings is 1. The summed E-state index contributed by atoms with van der Waals surface area (Å²) in [5, 5.41) is 14.6. The third kappa shape index (κ3) is 4.82. The number of rotatable bonds is 9. The third-order valence-electron chi connectivity index (χ3n) is 7.43. The minimum absolute atomic E-state index is 0.0540. The van der Waals surface area contributed by atoms with Crippen LogP contribution in [0.3, 0.4) is 0 Å². The van der Waals surface area contributed by atoms with Crippen LogP contribution in [-0.2, 0) is 16.1 Å². The zero-order valence-corrected chi connectivity index (χ0v) is 22.2. The highest BCUT2D eigenvalue weighted by molar-refractivity contribution is 7.21. The molecule has 2 bridgehead atoms. The average molecular weight is 535 g/mol. The lowest BCUT2D eigenvalue weighted by Crippen LogP contribution is -2.36. The Kier molecular flexibility index (Phi) is 6.68. The van der Waals surface area contributed by atoms with Gasteiger partial charge in [0.25, 0.3) is 5.91 Å². The van der Waals surface area contributed by atoms with Crippen molar-refractivity contribution in [3.05, 3.63) is 48.3 Å². The fourth-order valence-electron chi connectivity index (χ4n) is 5.44. The zero-order valence-electron chi connectivity index (χ0n) is 21.4. The van der Waals surface area contributed by atoms with Gasteiger partial charge in [0.2, 0.25) is 5.91 Å². The second-order valence-electron chi connectivity index (χ2n) is 9.88. The van der Waals surface area contributed by atoms with Crippen LogP contribution in [0.25, 0.3) is 15.3 Å². The van der Waals surface area contributed by atoms with Crippen LogP contribution in [0.4, 0.5) is 11.4 Å². The van der Waals surface area contributed by atoms with Crippen molar-refractivity contribution in [3.63, 3.8) is 0 Å². The molecule has 2 saturated heterocycles. The number of ether oxygens (including phenoxy) is 1. The van der Waals surface area contributed by atoms with Gasteiger partial charge >= 0.3 is 0 Å². The quantitative estimate of drug-likeness (QED) is 0.338. The number of hydrogen-bond donors (Lipinski definition) is 2. The first-order valence-corrected chi connectivity index (χ1v) is 13.6. The van der Waals surface area contributed by atoms with Crippen molar-refractivity contribution >= 4 is 39.4 Å². The van der Waals surface area contributed by atoms with Crippen molar-refractivity contribution in [2.45, 2.75) is 51.2 Å². The molecule has 2 amide bonds. The molecule has 2 aliphatic rings. The Morgan fingerprint density at radius 1 is 1.08 bits per heavy atom. The lowest BCUT2D eigenvalue weighted by atomic mass is 10.0. The van der Waals surface area contributed by atoms with E-state index in [2.05, 4.69) is 30.7 Å². The molecule has 0 radical (unpaired) electrons. The van der Waals surface area contributed by atoms with Crippen molar-refractivity contribution in [2.75, 3.05) is 30.9 Å². The molecule has 6 heterocycles. The van der Waals surface area contributed by atoms with E-state index in [1.165, 1.54) is 37.0 Å². The van der Waals surface area contributed by atoms with Gasteiger partial charge in [-0.1, -0.05) is 0 Å². The normalized spacial score (nSPS) is 18.9. The van der Waals surface area contributed by atoms with Gasteiger partial charge in [0.1, 0.15) is 4.83 Å².